The maximum absolute atomic E-state index is 11.0. The second kappa shape index (κ2) is 4.61. The molecule has 1 amide bonds. The number of aryl methyl sites for hydroxylation is 2. The van der Waals surface area contributed by atoms with Crippen LogP contribution in [0.3, 0.4) is 0 Å². The molecule has 0 unspecified atom stereocenters. The number of amides is 1. The van der Waals surface area contributed by atoms with Gasteiger partial charge in [0.15, 0.2) is 0 Å². The second-order valence-corrected chi connectivity index (χ2v) is 3.62. The van der Waals surface area contributed by atoms with Crippen LogP contribution >= 0.6 is 0 Å². The van der Waals surface area contributed by atoms with Crippen molar-refractivity contribution < 1.29 is 4.79 Å². The van der Waals surface area contributed by atoms with E-state index in [4.69, 9.17) is 5.73 Å². The molecule has 0 aliphatic heterocycles. The van der Waals surface area contributed by atoms with E-state index in [0.29, 0.717) is 5.69 Å². The Morgan fingerprint density at radius 3 is 2.69 bits per heavy atom. The van der Waals surface area contributed by atoms with E-state index >= 15 is 0 Å². The molecule has 0 saturated carbocycles. The van der Waals surface area contributed by atoms with Crippen LogP contribution in [-0.4, -0.2) is 16.1 Å². The summed E-state index contributed by atoms with van der Waals surface area (Å²) in [5, 5.41) is 6.45. The van der Waals surface area contributed by atoms with Crippen LogP contribution in [0.5, 0.6) is 0 Å². The molecule has 2 aromatic rings. The summed E-state index contributed by atoms with van der Waals surface area (Å²) in [6.07, 6.45) is 3.29. The predicted octanol–water partition coefficient (Wildman–Crippen LogP) is 1.29. The van der Waals surface area contributed by atoms with E-state index in [1.807, 2.05) is 18.2 Å². The molecular formula is C12H13N3O. The SMILES string of the molecule is NC(=O)c1[nH]ncc1CCc1ccccc1. The number of carbonyl (C=O) groups is 1. The molecule has 1 aromatic heterocycles. The maximum Gasteiger partial charge on any atom is 0.266 e. The summed E-state index contributed by atoms with van der Waals surface area (Å²) >= 11 is 0. The number of hydrogen-bond donors (Lipinski definition) is 2. The fraction of sp³-hybridized carbons (Fsp3) is 0.167. The third kappa shape index (κ3) is 2.28. The van der Waals surface area contributed by atoms with Crippen molar-refractivity contribution in [1.29, 1.82) is 0 Å². The van der Waals surface area contributed by atoms with Gasteiger partial charge in [0, 0.05) is 5.56 Å². The van der Waals surface area contributed by atoms with Crippen molar-refractivity contribution >= 4 is 5.91 Å². The van der Waals surface area contributed by atoms with Crippen LogP contribution in [-0.2, 0) is 12.8 Å². The third-order valence-corrected chi connectivity index (χ3v) is 2.49. The van der Waals surface area contributed by atoms with Crippen LogP contribution in [0.15, 0.2) is 36.5 Å². The molecule has 0 radical (unpaired) electrons. The zero-order valence-corrected chi connectivity index (χ0v) is 8.81. The molecule has 1 aromatic carbocycles. The summed E-state index contributed by atoms with van der Waals surface area (Å²) in [5.74, 6) is -0.458. The predicted molar refractivity (Wildman–Crippen MR) is 61.0 cm³/mol. The van der Waals surface area contributed by atoms with Gasteiger partial charge in [0.2, 0.25) is 0 Å². The van der Waals surface area contributed by atoms with Gasteiger partial charge in [-0.1, -0.05) is 30.3 Å². The van der Waals surface area contributed by atoms with Gasteiger partial charge < -0.3 is 5.73 Å². The Bertz CT molecular complexity index is 476. The van der Waals surface area contributed by atoms with Gasteiger partial charge in [-0.15, -0.1) is 0 Å². The van der Waals surface area contributed by atoms with Gasteiger partial charge in [0.1, 0.15) is 5.69 Å². The minimum atomic E-state index is -0.458. The summed E-state index contributed by atoms with van der Waals surface area (Å²) in [7, 11) is 0. The largest absolute Gasteiger partial charge is 0.364 e. The summed E-state index contributed by atoms with van der Waals surface area (Å²) in [5.41, 5.74) is 7.74. The molecule has 16 heavy (non-hydrogen) atoms. The van der Waals surface area contributed by atoms with Crippen LogP contribution in [0, 0.1) is 0 Å². The first-order valence-electron chi connectivity index (χ1n) is 5.13. The molecule has 0 aliphatic carbocycles. The Labute approximate surface area is 93.5 Å². The zero-order valence-electron chi connectivity index (χ0n) is 8.81. The number of carbonyl (C=O) groups excluding carboxylic acids is 1. The van der Waals surface area contributed by atoms with Crippen molar-refractivity contribution in [2.75, 3.05) is 0 Å². The van der Waals surface area contributed by atoms with Gasteiger partial charge in [0.05, 0.1) is 6.20 Å². The van der Waals surface area contributed by atoms with Crippen LogP contribution in [0.4, 0.5) is 0 Å². The van der Waals surface area contributed by atoms with Gasteiger partial charge in [-0.2, -0.15) is 5.10 Å². The monoisotopic (exact) mass is 215 g/mol. The number of benzene rings is 1. The van der Waals surface area contributed by atoms with Gasteiger partial charge in [0.25, 0.3) is 5.91 Å². The third-order valence-electron chi connectivity index (χ3n) is 2.49. The first-order valence-corrected chi connectivity index (χ1v) is 5.13. The Hall–Kier alpha value is -2.10. The molecule has 2 rings (SSSR count). The summed E-state index contributed by atoms with van der Waals surface area (Å²) < 4.78 is 0. The molecule has 0 bridgehead atoms. The highest BCUT2D eigenvalue weighted by atomic mass is 16.1. The van der Waals surface area contributed by atoms with E-state index in [0.717, 1.165) is 18.4 Å². The van der Waals surface area contributed by atoms with Gasteiger partial charge in [-0.25, -0.2) is 0 Å². The van der Waals surface area contributed by atoms with Crippen LogP contribution in [0.2, 0.25) is 0 Å². The van der Waals surface area contributed by atoms with Gasteiger partial charge in [-0.3, -0.25) is 9.89 Å². The maximum atomic E-state index is 11.0. The van der Waals surface area contributed by atoms with E-state index < -0.39 is 5.91 Å². The fourth-order valence-electron chi connectivity index (χ4n) is 1.64. The highest BCUT2D eigenvalue weighted by Crippen LogP contribution is 2.09. The fourth-order valence-corrected chi connectivity index (χ4v) is 1.64. The summed E-state index contributed by atoms with van der Waals surface area (Å²) in [6.45, 7) is 0. The molecule has 82 valence electrons. The summed E-state index contributed by atoms with van der Waals surface area (Å²) in [4.78, 5) is 11.0. The molecule has 0 fully saturated rings. The molecule has 0 spiro atoms. The van der Waals surface area contributed by atoms with E-state index in [1.54, 1.807) is 6.20 Å². The number of nitrogens with two attached hydrogens (primary N) is 1. The van der Waals surface area contributed by atoms with Crippen LogP contribution < -0.4 is 5.73 Å². The molecule has 4 heteroatoms. The number of aromatic amines is 1. The first-order chi connectivity index (χ1) is 7.77. The highest BCUT2D eigenvalue weighted by molar-refractivity contribution is 5.92. The van der Waals surface area contributed by atoms with Crippen LogP contribution in [0.25, 0.3) is 0 Å². The topological polar surface area (TPSA) is 71.8 Å². The van der Waals surface area contributed by atoms with Crippen molar-refractivity contribution in [1.82, 2.24) is 10.2 Å². The van der Waals surface area contributed by atoms with E-state index in [1.165, 1.54) is 5.56 Å². The molecule has 3 N–H and O–H groups in total. The number of H-pyrrole nitrogens is 1. The molecule has 1 heterocycles. The standard InChI is InChI=1S/C12H13N3O/c13-12(16)11-10(8-14-15-11)7-6-9-4-2-1-3-5-9/h1-5,8H,6-7H2,(H2,13,16)(H,14,15). The minimum absolute atomic E-state index is 0.413. The number of aromatic nitrogens is 2. The molecule has 0 atom stereocenters. The normalized spacial score (nSPS) is 10.2. The van der Waals surface area contributed by atoms with Crippen molar-refractivity contribution in [3.8, 4) is 0 Å². The average molecular weight is 215 g/mol. The summed E-state index contributed by atoms with van der Waals surface area (Å²) in [6, 6.07) is 10.1. The second-order valence-electron chi connectivity index (χ2n) is 3.62. The van der Waals surface area contributed by atoms with Gasteiger partial charge >= 0.3 is 0 Å². The highest BCUT2D eigenvalue weighted by Gasteiger charge is 2.09. The smallest absolute Gasteiger partial charge is 0.266 e. The van der Waals surface area contributed by atoms with Crippen molar-refractivity contribution in [2.45, 2.75) is 12.8 Å². The van der Waals surface area contributed by atoms with Crippen LogP contribution in [0.1, 0.15) is 21.6 Å². The lowest BCUT2D eigenvalue weighted by Gasteiger charge is -2.00. The van der Waals surface area contributed by atoms with Gasteiger partial charge in [-0.05, 0) is 18.4 Å². The number of hydrogen-bond acceptors (Lipinski definition) is 2. The van der Waals surface area contributed by atoms with E-state index in [-0.39, 0.29) is 0 Å². The Morgan fingerprint density at radius 1 is 1.25 bits per heavy atom. The van der Waals surface area contributed by atoms with E-state index in [9.17, 15) is 4.79 Å². The lowest BCUT2D eigenvalue weighted by atomic mass is 10.1. The zero-order chi connectivity index (χ0) is 11.4. The van der Waals surface area contributed by atoms with Crippen molar-refractivity contribution in [2.24, 2.45) is 5.73 Å². The van der Waals surface area contributed by atoms with Crippen molar-refractivity contribution in [3.63, 3.8) is 0 Å². The first kappa shape index (κ1) is 10.4. The number of rotatable bonds is 4. The average Bonchev–Trinajstić information content (AvgIpc) is 2.76. The Morgan fingerprint density at radius 2 is 2.00 bits per heavy atom. The minimum Gasteiger partial charge on any atom is -0.364 e. The Kier molecular flexibility index (Phi) is 3.00. The Balaban J connectivity index is 2.05. The lowest BCUT2D eigenvalue weighted by molar-refractivity contribution is 0.0994. The quantitative estimate of drug-likeness (QED) is 0.806. The van der Waals surface area contributed by atoms with Crippen molar-refractivity contribution in [3.05, 3.63) is 53.3 Å². The number of nitrogens with one attached hydrogen (secondary N) is 1. The number of nitrogens with zero attached hydrogens (tertiary/aromatic N) is 1. The molecule has 0 saturated heterocycles. The lowest BCUT2D eigenvalue weighted by Crippen LogP contribution is -2.14. The number of primary amides is 1. The van der Waals surface area contributed by atoms with E-state index in [2.05, 4.69) is 22.3 Å². The molecular weight excluding hydrogens is 202 g/mol. The molecule has 0 aliphatic rings. The molecule has 4 nitrogen and oxygen atoms in total.